The molecule has 0 aromatic rings. The van der Waals surface area contributed by atoms with E-state index in [4.69, 9.17) is 0 Å². The molecular formula is C17H36N2O. The maximum Gasteiger partial charge on any atom is 0.0546 e. The molecule has 2 N–H and O–H groups in total. The third kappa shape index (κ3) is 6.55. The second kappa shape index (κ2) is 8.35. The minimum atomic E-state index is -0.0249. The molecule has 20 heavy (non-hydrogen) atoms. The quantitative estimate of drug-likeness (QED) is 0.647. The Morgan fingerprint density at radius 3 is 2.50 bits per heavy atom. The second-order valence-corrected chi connectivity index (χ2v) is 7.77. The molecule has 120 valence electrons. The minimum absolute atomic E-state index is 0.0249. The number of rotatable bonds is 10. The first-order chi connectivity index (χ1) is 9.34. The highest BCUT2D eigenvalue weighted by molar-refractivity contribution is 4.84. The summed E-state index contributed by atoms with van der Waals surface area (Å²) in [4.78, 5) is 2.48. The van der Waals surface area contributed by atoms with Gasteiger partial charge in [-0.15, -0.1) is 0 Å². The van der Waals surface area contributed by atoms with Crippen molar-refractivity contribution in [2.24, 2.45) is 17.3 Å². The molecule has 1 unspecified atom stereocenters. The van der Waals surface area contributed by atoms with Crippen LogP contribution < -0.4 is 5.32 Å². The van der Waals surface area contributed by atoms with E-state index in [1.54, 1.807) is 0 Å². The summed E-state index contributed by atoms with van der Waals surface area (Å²) in [6, 6.07) is 0. The van der Waals surface area contributed by atoms with E-state index in [0.29, 0.717) is 11.3 Å². The maximum atomic E-state index is 9.39. The molecule has 1 aliphatic rings. The molecule has 0 saturated heterocycles. The van der Waals surface area contributed by atoms with Crippen molar-refractivity contribution < 1.29 is 5.11 Å². The van der Waals surface area contributed by atoms with E-state index < -0.39 is 0 Å². The lowest BCUT2D eigenvalue weighted by Gasteiger charge is -2.39. The summed E-state index contributed by atoms with van der Waals surface area (Å²) in [5.74, 6) is 1.43. The van der Waals surface area contributed by atoms with Crippen LogP contribution >= 0.6 is 0 Å². The maximum absolute atomic E-state index is 9.39. The molecule has 0 aromatic carbocycles. The van der Waals surface area contributed by atoms with Crippen LogP contribution in [-0.2, 0) is 0 Å². The first-order valence-electron chi connectivity index (χ1n) is 8.42. The van der Waals surface area contributed by atoms with Gasteiger partial charge in [-0.1, -0.05) is 34.1 Å². The Kier molecular flexibility index (Phi) is 7.49. The van der Waals surface area contributed by atoms with E-state index in [2.05, 4.69) is 45.0 Å². The SMILES string of the molecule is CCCC(C)(CNCC(C)C)CN(C)CC1CC(O)C1. The van der Waals surface area contributed by atoms with Gasteiger partial charge in [-0.25, -0.2) is 0 Å². The van der Waals surface area contributed by atoms with Gasteiger partial charge in [0, 0.05) is 19.6 Å². The molecule has 1 fully saturated rings. The van der Waals surface area contributed by atoms with Gasteiger partial charge in [-0.2, -0.15) is 0 Å². The van der Waals surface area contributed by atoms with Crippen LogP contribution in [0.2, 0.25) is 0 Å². The van der Waals surface area contributed by atoms with Gasteiger partial charge in [0.15, 0.2) is 0 Å². The fourth-order valence-electron chi connectivity index (χ4n) is 3.50. The highest BCUT2D eigenvalue weighted by Crippen LogP contribution is 2.29. The molecule has 1 atom stereocenters. The van der Waals surface area contributed by atoms with Crippen LogP contribution in [0.15, 0.2) is 0 Å². The molecule has 1 aliphatic carbocycles. The van der Waals surface area contributed by atoms with Crippen molar-refractivity contribution in [1.82, 2.24) is 10.2 Å². The van der Waals surface area contributed by atoms with E-state index in [1.807, 2.05) is 0 Å². The normalized spacial score (nSPS) is 25.8. The zero-order valence-electron chi connectivity index (χ0n) is 14.3. The Labute approximate surface area is 126 Å². The average molecular weight is 284 g/mol. The van der Waals surface area contributed by atoms with Crippen LogP contribution in [0.3, 0.4) is 0 Å². The van der Waals surface area contributed by atoms with Gasteiger partial charge < -0.3 is 15.3 Å². The van der Waals surface area contributed by atoms with Gasteiger partial charge in [-0.3, -0.25) is 0 Å². The van der Waals surface area contributed by atoms with E-state index >= 15 is 0 Å². The third-order valence-electron chi connectivity index (χ3n) is 4.39. The fourth-order valence-corrected chi connectivity index (χ4v) is 3.50. The lowest BCUT2D eigenvalue weighted by molar-refractivity contribution is 0.0220. The molecule has 0 radical (unpaired) electrons. The van der Waals surface area contributed by atoms with Crippen molar-refractivity contribution in [2.75, 3.05) is 33.2 Å². The highest BCUT2D eigenvalue weighted by Gasteiger charge is 2.30. The van der Waals surface area contributed by atoms with Gasteiger partial charge in [0.05, 0.1) is 6.10 Å². The summed E-state index contributed by atoms with van der Waals surface area (Å²) < 4.78 is 0. The van der Waals surface area contributed by atoms with Crippen LogP contribution in [0.4, 0.5) is 0 Å². The third-order valence-corrected chi connectivity index (χ3v) is 4.39. The summed E-state index contributed by atoms with van der Waals surface area (Å²) >= 11 is 0. The van der Waals surface area contributed by atoms with Gasteiger partial charge >= 0.3 is 0 Å². The summed E-state index contributed by atoms with van der Waals surface area (Å²) in [5.41, 5.74) is 0.362. The van der Waals surface area contributed by atoms with Gasteiger partial charge in [0.1, 0.15) is 0 Å². The van der Waals surface area contributed by atoms with Crippen molar-refractivity contribution in [3.8, 4) is 0 Å². The molecule has 3 nitrogen and oxygen atoms in total. The summed E-state index contributed by atoms with van der Waals surface area (Å²) in [6.45, 7) is 13.7. The number of nitrogens with zero attached hydrogens (tertiary/aromatic N) is 1. The first-order valence-corrected chi connectivity index (χ1v) is 8.42. The molecule has 1 rings (SSSR count). The molecule has 0 aromatic heterocycles. The van der Waals surface area contributed by atoms with Crippen LogP contribution in [0.25, 0.3) is 0 Å². The Hall–Kier alpha value is -0.120. The highest BCUT2D eigenvalue weighted by atomic mass is 16.3. The number of hydrogen-bond donors (Lipinski definition) is 2. The monoisotopic (exact) mass is 284 g/mol. The zero-order chi connectivity index (χ0) is 15.2. The molecule has 1 saturated carbocycles. The Balaban J connectivity index is 2.34. The van der Waals surface area contributed by atoms with E-state index in [1.165, 1.54) is 12.8 Å². The molecule has 0 aliphatic heterocycles. The number of hydrogen-bond acceptors (Lipinski definition) is 3. The number of aliphatic hydroxyl groups is 1. The predicted octanol–water partition coefficient (Wildman–Crippen LogP) is 2.74. The van der Waals surface area contributed by atoms with Gasteiger partial charge in [0.25, 0.3) is 0 Å². The second-order valence-electron chi connectivity index (χ2n) is 7.77. The standard InChI is InChI=1S/C17H36N2O/c1-6-7-17(4,12-18-10-14(2)3)13-19(5)11-15-8-16(20)9-15/h14-16,18,20H,6-13H2,1-5H3. The van der Waals surface area contributed by atoms with Crippen LogP contribution in [0.5, 0.6) is 0 Å². The van der Waals surface area contributed by atoms with Crippen molar-refractivity contribution in [3.63, 3.8) is 0 Å². The van der Waals surface area contributed by atoms with E-state index in [0.717, 1.165) is 44.9 Å². The Bertz CT molecular complexity index is 264. The Morgan fingerprint density at radius 1 is 1.35 bits per heavy atom. The van der Waals surface area contributed by atoms with Crippen molar-refractivity contribution in [2.45, 2.75) is 59.5 Å². The Morgan fingerprint density at radius 2 is 2.00 bits per heavy atom. The lowest BCUT2D eigenvalue weighted by Crippen LogP contribution is -2.45. The molecular weight excluding hydrogens is 248 g/mol. The van der Waals surface area contributed by atoms with E-state index in [9.17, 15) is 5.11 Å². The van der Waals surface area contributed by atoms with Crippen LogP contribution in [-0.4, -0.2) is 49.3 Å². The minimum Gasteiger partial charge on any atom is -0.393 e. The largest absolute Gasteiger partial charge is 0.393 e. The van der Waals surface area contributed by atoms with Gasteiger partial charge in [-0.05, 0) is 50.1 Å². The topological polar surface area (TPSA) is 35.5 Å². The molecule has 0 bridgehead atoms. The first kappa shape index (κ1) is 17.9. The van der Waals surface area contributed by atoms with Crippen LogP contribution in [0.1, 0.15) is 53.4 Å². The molecule has 0 heterocycles. The summed E-state index contributed by atoms with van der Waals surface area (Å²) in [5, 5.41) is 13.0. The zero-order valence-corrected chi connectivity index (χ0v) is 14.3. The molecule has 0 spiro atoms. The lowest BCUT2D eigenvalue weighted by atomic mass is 9.81. The number of nitrogens with one attached hydrogen (secondary N) is 1. The van der Waals surface area contributed by atoms with Crippen molar-refractivity contribution >= 4 is 0 Å². The van der Waals surface area contributed by atoms with Gasteiger partial charge in [0.2, 0.25) is 0 Å². The fraction of sp³-hybridized carbons (Fsp3) is 1.00. The predicted molar refractivity (Wildman–Crippen MR) is 87.0 cm³/mol. The van der Waals surface area contributed by atoms with E-state index in [-0.39, 0.29) is 6.10 Å². The van der Waals surface area contributed by atoms with Crippen molar-refractivity contribution in [3.05, 3.63) is 0 Å². The summed E-state index contributed by atoms with van der Waals surface area (Å²) in [7, 11) is 2.24. The van der Waals surface area contributed by atoms with Crippen molar-refractivity contribution in [1.29, 1.82) is 0 Å². The smallest absolute Gasteiger partial charge is 0.0546 e. The number of aliphatic hydroxyl groups excluding tert-OH is 1. The average Bonchev–Trinajstić information content (AvgIpc) is 2.26. The summed E-state index contributed by atoms with van der Waals surface area (Å²) in [6.07, 6.45) is 4.50. The molecule has 0 amide bonds. The van der Waals surface area contributed by atoms with Crippen LogP contribution in [0, 0.1) is 17.3 Å². The molecule has 3 heteroatoms.